The zero-order chi connectivity index (χ0) is 13.2. The van der Waals surface area contributed by atoms with Crippen molar-refractivity contribution in [1.29, 1.82) is 0 Å². The number of alkyl halides is 1. The predicted octanol–water partition coefficient (Wildman–Crippen LogP) is 2.76. The maximum Gasteiger partial charge on any atom is 0.240 e. The first-order chi connectivity index (χ1) is 8.51. The summed E-state index contributed by atoms with van der Waals surface area (Å²) < 4.78 is 27.0. The van der Waals surface area contributed by atoms with E-state index in [1.165, 1.54) is 0 Å². The van der Waals surface area contributed by atoms with E-state index in [-0.39, 0.29) is 4.75 Å². The number of benzene rings is 1. The summed E-state index contributed by atoms with van der Waals surface area (Å²) >= 11 is 5.09. The molecule has 0 bridgehead atoms. The molecule has 3 nitrogen and oxygen atoms in total. The molecule has 0 saturated heterocycles. The van der Waals surface area contributed by atoms with Crippen LogP contribution in [0.2, 0.25) is 0 Å². The number of halogens is 1. The molecule has 0 unspecified atom stereocenters. The Kier molecular flexibility index (Phi) is 4.41. The Hall–Kier alpha value is -0.0400. The third kappa shape index (κ3) is 3.29. The van der Waals surface area contributed by atoms with Gasteiger partial charge in [-0.05, 0) is 36.8 Å². The summed E-state index contributed by atoms with van der Waals surface area (Å²) in [5.41, 5.74) is 1.07. The molecule has 18 heavy (non-hydrogen) atoms. The highest BCUT2D eigenvalue weighted by Gasteiger charge is 2.42. The summed E-state index contributed by atoms with van der Waals surface area (Å²) in [6.45, 7) is 0.524. The molecule has 1 aliphatic carbocycles. The van der Waals surface area contributed by atoms with Gasteiger partial charge in [0.2, 0.25) is 10.0 Å². The van der Waals surface area contributed by atoms with Gasteiger partial charge >= 0.3 is 0 Å². The summed E-state index contributed by atoms with van der Waals surface area (Å²) in [5, 5.41) is 0.732. The van der Waals surface area contributed by atoms with Crippen molar-refractivity contribution >= 4 is 37.7 Å². The second-order valence-electron chi connectivity index (χ2n) is 4.49. The van der Waals surface area contributed by atoms with E-state index in [1.807, 2.05) is 18.4 Å². The maximum absolute atomic E-state index is 12.1. The number of sulfonamides is 1. The number of thioether (sulfide) groups is 1. The first kappa shape index (κ1) is 14.4. The summed E-state index contributed by atoms with van der Waals surface area (Å²) in [5.74, 6) is 0. The minimum atomic E-state index is -3.37. The highest BCUT2D eigenvalue weighted by molar-refractivity contribution is 9.08. The molecular formula is C12H16BrNO2S2. The molecule has 0 heterocycles. The Morgan fingerprint density at radius 3 is 2.39 bits per heavy atom. The fourth-order valence-corrected chi connectivity index (χ4v) is 3.98. The van der Waals surface area contributed by atoms with Crippen molar-refractivity contribution in [3.05, 3.63) is 29.8 Å². The van der Waals surface area contributed by atoms with Gasteiger partial charge in [-0.3, -0.25) is 0 Å². The zero-order valence-corrected chi connectivity index (χ0v) is 13.4. The molecule has 0 radical (unpaired) electrons. The Bertz CT molecular complexity index is 509. The van der Waals surface area contributed by atoms with Crippen molar-refractivity contribution in [2.45, 2.75) is 27.8 Å². The minimum Gasteiger partial charge on any atom is -0.210 e. The Labute approximate surface area is 121 Å². The molecule has 1 aromatic carbocycles. The van der Waals surface area contributed by atoms with Crippen LogP contribution < -0.4 is 4.72 Å². The monoisotopic (exact) mass is 349 g/mol. The van der Waals surface area contributed by atoms with Crippen molar-refractivity contribution in [1.82, 2.24) is 4.72 Å². The fraction of sp³-hybridized carbons (Fsp3) is 0.500. The lowest BCUT2D eigenvalue weighted by Crippen LogP contribution is -2.31. The first-order valence-corrected chi connectivity index (χ1v) is 9.54. The largest absolute Gasteiger partial charge is 0.240 e. The Morgan fingerprint density at radius 1 is 1.33 bits per heavy atom. The summed E-state index contributed by atoms with van der Waals surface area (Å²) in [6, 6.07) is 6.95. The quantitative estimate of drug-likeness (QED) is 0.803. The van der Waals surface area contributed by atoms with E-state index in [1.54, 1.807) is 23.9 Å². The zero-order valence-electron chi connectivity index (χ0n) is 10.1. The van der Waals surface area contributed by atoms with E-state index in [4.69, 9.17) is 0 Å². The molecule has 1 fully saturated rings. The molecule has 2 rings (SSSR count). The fourth-order valence-electron chi connectivity index (χ4n) is 1.66. The summed E-state index contributed by atoms with van der Waals surface area (Å²) in [4.78, 5) is 0.337. The molecule has 1 aliphatic rings. The van der Waals surface area contributed by atoms with Gasteiger partial charge in [0, 0.05) is 16.6 Å². The lowest BCUT2D eigenvalue weighted by Gasteiger charge is -2.13. The van der Waals surface area contributed by atoms with Gasteiger partial charge in [-0.25, -0.2) is 13.1 Å². The molecule has 0 aromatic heterocycles. The van der Waals surface area contributed by atoms with Crippen LogP contribution in [0, 0.1) is 0 Å². The van der Waals surface area contributed by atoms with E-state index in [2.05, 4.69) is 20.7 Å². The van der Waals surface area contributed by atoms with E-state index < -0.39 is 10.0 Å². The maximum atomic E-state index is 12.1. The molecule has 1 aromatic rings. The van der Waals surface area contributed by atoms with Gasteiger partial charge in [0.05, 0.1) is 4.90 Å². The first-order valence-electron chi connectivity index (χ1n) is 5.71. The van der Waals surface area contributed by atoms with Crippen LogP contribution in [0.4, 0.5) is 0 Å². The van der Waals surface area contributed by atoms with Gasteiger partial charge < -0.3 is 0 Å². The Morgan fingerprint density at radius 2 is 1.94 bits per heavy atom. The standard InChI is InChI=1S/C12H16BrNO2S2/c1-17-12(6-7-12)9-14-18(15,16)11-4-2-10(8-13)3-5-11/h2-5,14H,6-9H2,1H3. The normalized spacial score (nSPS) is 17.7. The van der Waals surface area contributed by atoms with Gasteiger partial charge in [0.25, 0.3) is 0 Å². The molecule has 100 valence electrons. The van der Waals surface area contributed by atoms with E-state index >= 15 is 0 Å². The highest BCUT2D eigenvalue weighted by atomic mass is 79.9. The van der Waals surface area contributed by atoms with Crippen LogP contribution in [0.5, 0.6) is 0 Å². The molecule has 0 spiro atoms. The number of hydrogen-bond acceptors (Lipinski definition) is 3. The molecule has 0 amide bonds. The van der Waals surface area contributed by atoms with E-state index in [0.717, 1.165) is 23.7 Å². The van der Waals surface area contributed by atoms with Crippen molar-refractivity contribution in [2.75, 3.05) is 12.8 Å². The van der Waals surface area contributed by atoms with Crippen LogP contribution in [0.1, 0.15) is 18.4 Å². The van der Waals surface area contributed by atoms with Gasteiger partial charge in [-0.2, -0.15) is 11.8 Å². The van der Waals surface area contributed by atoms with Crippen LogP contribution >= 0.6 is 27.7 Å². The predicted molar refractivity (Wildman–Crippen MR) is 79.7 cm³/mol. The number of nitrogens with one attached hydrogen (secondary N) is 1. The van der Waals surface area contributed by atoms with Crippen LogP contribution in [-0.2, 0) is 15.4 Å². The smallest absolute Gasteiger partial charge is 0.210 e. The lowest BCUT2D eigenvalue weighted by atomic mass is 10.2. The second kappa shape index (κ2) is 5.53. The third-order valence-corrected chi connectivity index (χ3v) is 6.70. The van der Waals surface area contributed by atoms with Crippen LogP contribution in [0.25, 0.3) is 0 Å². The molecule has 6 heteroatoms. The van der Waals surface area contributed by atoms with Crippen molar-refractivity contribution in [2.24, 2.45) is 0 Å². The topological polar surface area (TPSA) is 46.2 Å². The van der Waals surface area contributed by atoms with Gasteiger partial charge in [-0.1, -0.05) is 28.1 Å². The van der Waals surface area contributed by atoms with Crippen molar-refractivity contribution < 1.29 is 8.42 Å². The summed E-state index contributed by atoms with van der Waals surface area (Å²) in [6.07, 6.45) is 4.23. The molecule has 0 atom stereocenters. The summed E-state index contributed by atoms with van der Waals surface area (Å²) in [7, 11) is -3.37. The molecule has 1 saturated carbocycles. The third-order valence-electron chi connectivity index (χ3n) is 3.21. The van der Waals surface area contributed by atoms with E-state index in [9.17, 15) is 8.42 Å². The van der Waals surface area contributed by atoms with Gasteiger partial charge in [0.1, 0.15) is 0 Å². The van der Waals surface area contributed by atoms with E-state index in [0.29, 0.717) is 11.4 Å². The van der Waals surface area contributed by atoms with Crippen molar-refractivity contribution in [3.63, 3.8) is 0 Å². The van der Waals surface area contributed by atoms with Crippen LogP contribution in [-0.4, -0.2) is 26.0 Å². The average molecular weight is 350 g/mol. The lowest BCUT2D eigenvalue weighted by molar-refractivity contribution is 0.580. The second-order valence-corrected chi connectivity index (χ2v) is 8.09. The minimum absolute atomic E-state index is 0.142. The Balaban J connectivity index is 2.05. The van der Waals surface area contributed by atoms with Crippen LogP contribution in [0.15, 0.2) is 29.2 Å². The van der Waals surface area contributed by atoms with Gasteiger partial charge in [-0.15, -0.1) is 0 Å². The van der Waals surface area contributed by atoms with Crippen LogP contribution in [0.3, 0.4) is 0 Å². The molecule has 0 aliphatic heterocycles. The van der Waals surface area contributed by atoms with Gasteiger partial charge in [0.15, 0.2) is 0 Å². The average Bonchev–Trinajstić information content (AvgIpc) is 3.17. The van der Waals surface area contributed by atoms with Crippen molar-refractivity contribution in [3.8, 4) is 0 Å². The molecular weight excluding hydrogens is 334 g/mol. The highest BCUT2D eigenvalue weighted by Crippen LogP contribution is 2.46. The number of hydrogen-bond donors (Lipinski definition) is 1. The SMILES string of the molecule is CSC1(CNS(=O)(=O)c2ccc(CBr)cc2)CC1. The number of rotatable bonds is 6. The molecule has 1 N–H and O–H groups in total.